The molecule has 2 aromatic heterocycles. The van der Waals surface area contributed by atoms with Gasteiger partial charge in [0.25, 0.3) is 0 Å². The summed E-state index contributed by atoms with van der Waals surface area (Å²) in [6.45, 7) is 0. The predicted octanol–water partition coefficient (Wildman–Crippen LogP) is 4.17. The van der Waals surface area contributed by atoms with Gasteiger partial charge in [0.2, 0.25) is 0 Å². The summed E-state index contributed by atoms with van der Waals surface area (Å²) in [5, 5.41) is 8.26. The van der Waals surface area contributed by atoms with E-state index in [0.29, 0.717) is 11.6 Å². The molecule has 25 heavy (non-hydrogen) atoms. The van der Waals surface area contributed by atoms with E-state index in [4.69, 9.17) is 0 Å². The number of benzene rings is 1. The Bertz CT molecular complexity index is 939. The fraction of sp³-hybridized carbons (Fsp3) is 0.167. The fourth-order valence-corrected chi connectivity index (χ4v) is 5.09. The molecular formula is C18H16F3N3Sn. The summed E-state index contributed by atoms with van der Waals surface area (Å²) in [7, 11) is 0. The molecule has 0 unspecified atom stereocenters. The molecule has 0 bridgehead atoms. The molecule has 3 nitrogen and oxygen atoms in total. The quantitative estimate of drug-likeness (QED) is 0.563. The normalized spacial score (nSPS) is 11.6. The third kappa shape index (κ3) is 3.83. The predicted molar refractivity (Wildman–Crippen MR) is 93.6 cm³/mol. The van der Waals surface area contributed by atoms with Gasteiger partial charge in [0.1, 0.15) is 0 Å². The van der Waals surface area contributed by atoms with E-state index in [1.54, 1.807) is 12.3 Å². The van der Waals surface area contributed by atoms with E-state index in [2.05, 4.69) is 30.0 Å². The summed E-state index contributed by atoms with van der Waals surface area (Å²) in [4.78, 5) is 10.3. The van der Waals surface area contributed by atoms with Crippen molar-refractivity contribution in [3.05, 3.63) is 60.2 Å². The van der Waals surface area contributed by atoms with Gasteiger partial charge in [0.15, 0.2) is 0 Å². The number of hydrogen-bond acceptors (Lipinski definition) is 3. The second-order valence-corrected chi connectivity index (χ2v) is 21.1. The van der Waals surface area contributed by atoms with Crippen LogP contribution in [0.5, 0.6) is 0 Å². The van der Waals surface area contributed by atoms with Crippen LogP contribution in [-0.4, -0.2) is 33.6 Å². The minimum absolute atomic E-state index is 0.0207. The summed E-state index contributed by atoms with van der Waals surface area (Å²) in [6, 6.07) is 6.98. The molecule has 0 aliphatic carbocycles. The van der Waals surface area contributed by atoms with Crippen LogP contribution in [0.2, 0.25) is 14.8 Å². The summed E-state index contributed by atoms with van der Waals surface area (Å²) in [5.74, 6) is -2.34. The van der Waals surface area contributed by atoms with Gasteiger partial charge >= 0.3 is 148 Å². The molecule has 0 N–H and O–H groups in total. The first-order valence-electron chi connectivity index (χ1n) is 7.70. The van der Waals surface area contributed by atoms with Gasteiger partial charge in [-0.2, -0.15) is 0 Å². The van der Waals surface area contributed by atoms with Crippen LogP contribution < -0.4 is 3.71 Å². The third-order valence-electron chi connectivity index (χ3n) is 3.79. The average molecular weight is 450 g/mol. The SMILES string of the molecule is [CH3][Sn]([CH3])([CH3])[c]1cc(-c2ccc(F)c(-c3ncc(F)cc3F)c2)cnn1. The first-order valence-corrected chi connectivity index (χ1v) is 17.7. The minimum atomic E-state index is -2.41. The number of pyridine rings is 1. The van der Waals surface area contributed by atoms with Gasteiger partial charge in [-0.25, -0.2) is 0 Å². The standard InChI is InChI=1S/C15H7F3N3.3CH3.Sn/c16-11-6-14(18)15(19-8-11)12-5-9(1-2-13(12)17)10-3-4-20-21-7-10;;;;/h1-3,5-8H;3*1H3;. The van der Waals surface area contributed by atoms with Gasteiger partial charge in [-0.3, -0.25) is 0 Å². The first-order chi connectivity index (χ1) is 11.8. The molecule has 128 valence electrons. The van der Waals surface area contributed by atoms with Crippen molar-refractivity contribution in [2.75, 3.05) is 0 Å². The Morgan fingerprint density at radius 2 is 1.60 bits per heavy atom. The molecule has 0 spiro atoms. The van der Waals surface area contributed by atoms with Crippen LogP contribution in [0.15, 0.2) is 42.7 Å². The Labute approximate surface area is 147 Å². The molecular weight excluding hydrogens is 434 g/mol. The molecule has 3 aromatic rings. The van der Waals surface area contributed by atoms with E-state index < -0.39 is 35.8 Å². The number of hydrogen-bond donors (Lipinski definition) is 0. The first kappa shape index (κ1) is 17.8. The van der Waals surface area contributed by atoms with Crippen molar-refractivity contribution in [2.45, 2.75) is 14.8 Å². The number of halogens is 3. The van der Waals surface area contributed by atoms with Gasteiger partial charge in [-0.15, -0.1) is 0 Å². The second-order valence-electron chi connectivity index (χ2n) is 6.76. The molecule has 7 heteroatoms. The van der Waals surface area contributed by atoms with Crippen LogP contribution in [0.1, 0.15) is 0 Å². The van der Waals surface area contributed by atoms with E-state index in [9.17, 15) is 13.2 Å². The summed E-state index contributed by atoms with van der Waals surface area (Å²) >= 11 is -2.41. The van der Waals surface area contributed by atoms with E-state index in [1.165, 1.54) is 12.1 Å². The van der Waals surface area contributed by atoms with Crippen molar-refractivity contribution in [2.24, 2.45) is 0 Å². The van der Waals surface area contributed by atoms with Crippen LogP contribution in [-0.2, 0) is 0 Å². The molecule has 0 saturated heterocycles. The zero-order chi connectivity index (χ0) is 18.2. The van der Waals surface area contributed by atoms with Crippen molar-refractivity contribution in [3.63, 3.8) is 0 Å². The molecule has 2 heterocycles. The van der Waals surface area contributed by atoms with Crippen molar-refractivity contribution in [1.82, 2.24) is 15.2 Å². The van der Waals surface area contributed by atoms with E-state index in [1.807, 2.05) is 6.07 Å². The average Bonchev–Trinajstić information content (AvgIpc) is 2.55. The van der Waals surface area contributed by atoms with E-state index in [-0.39, 0.29) is 11.3 Å². The molecule has 0 radical (unpaired) electrons. The van der Waals surface area contributed by atoms with Crippen LogP contribution in [0, 0.1) is 17.5 Å². The van der Waals surface area contributed by atoms with Gasteiger partial charge in [-0.05, 0) is 0 Å². The van der Waals surface area contributed by atoms with Crippen molar-refractivity contribution >= 4 is 22.1 Å². The summed E-state index contributed by atoms with van der Waals surface area (Å²) in [5.41, 5.74) is 1.21. The van der Waals surface area contributed by atoms with Gasteiger partial charge in [0.05, 0.1) is 0 Å². The Hall–Kier alpha value is -1.96. The molecule has 0 saturated carbocycles. The molecule has 3 rings (SSSR count). The maximum atomic E-state index is 14.2. The number of aromatic nitrogens is 3. The van der Waals surface area contributed by atoms with Crippen LogP contribution in [0.3, 0.4) is 0 Å². The van der Waals surface area contributed by atoms with Crippen molar-refractivity contribution < 1.29 is 13.2 Å². The topological polar surface area (TPSA) is 38.7 Å². The van der Waals surface area contributed by atoms with Gasteiger partial charge < -0.3 is 0 Å². The van der Waals surface area contributed by atoms with Crippen LogP contribution in [0.25, 0.3) is 22.4 Å². The summed E-state index contributed by atoms with van der Waals surface area (Å²) in [6.07, 6.45) is 2.46. The van der Waals surface area contributed by atoms with Gasteiger partial charge in [-0.1, -0.05) is 0 Å². The molecule has 0 fully saturated rings. The van der Waals surface area contributed by atoms with Gasteiger partial charge in [0, 0.05) is 0 Å². The Balaban J connectivity index is 2.11. The molecule has 0 amide bonds. The maximum absolute atomic E-state index is 14.2. The summed E-state index contributed by atoms with van der Waals surface area (Å²) < 4.78 is 42.2. The van der Waals surface area contributed by atoms with Crippen LogP contribution in [0.4, 0.5) is 13.2 Å². The molecule has 0 aliphatic heterocycles. The number of rotatable bonds is 3. The second kappa shape index (κ2) is 6.74. The monoisotopic (exact) mass is 451 g/mol. The molecule has 1 aromatic carbocycles. The fourth-order valence-electron chi connectivity index (χ4n) is 2.39. The van der Waals surface area contributed by atoms with Crippen molar-refractivity contribution in [3.8, 4) is 22.4 Å². The molecule has 0 aliphatic rings. The van der Waals surface area contributed by atoms with E-state index in [0.717, 1.165) is 15.5 Å². The zero-order valence-corrected chi connectivity index (χ0v) is 16.9. The number of nitrogens with zero attached hydrogens (tertiary/aromatic N) is 3. The van der Waals surface area contributed by atoms with Crippen LogP contribution >= 0.6 is 0 Å². The molecule has 0 atom stereocenters. The van der Waals surface area contributed by atoms with E-state index >= 15 is 0 Å². The Morgan fingerprint density at radius 1 is 0.840 bits per heavy atom. The zero-order valence-electron chi connectivity index (χ0n) is 14.0. The third-order valence-corrected chi connectivity index (χ3v) is 8.87. The Kier molecular flexibility index (Phi) is 4.81. The van der Waals surface area contributed by atoms with Crippen molar-refractivity contribution in [1.29, 1.82) is 0 Å². The Morgan fingerprint density at radius 3 is 2.28 bits per heavy atom.